The number of aromatic amines is 1. The van der Waals surface area contributed by atoms with Gasteiger partial charge in [0.1, 0.15) is 0 Å². The van der Waals surface area contributed by atoms with E-state index in [0.29, 0.717) is 5.92 Å². The third-order valence-corrected chi connectivity index (χ3v) is 4.23. The second kappa shape index (κ2) is 5.19. The maximum absolute atomic E-state index is 5.42. The second-order valence-electron chi connectivity index (χ2n) is 5.18. The number of H-pyrrole nitrogens is 1. The number of imidazole rings is 1. The first-order chi connectivity index (χ1) is 9.56. The highest BCUT2D eigenvalue weighted by atomic mass is 79.9. The molecule has 0 aliphatic heterocycles. The van der Waals surface area contributed by atoms with Crippen molar-refractivity contribution in [2.45, 2.75) is 19.8 Å². The summed E-state index contributed by atoms with van der Waals surface area (Å²) in [5, 5.41) is 2.43. The van der Waals surface area contributed by atoms with Crippen LogP contribution in [-0.2, 0) is 0 Å². The van der Waals surface area contributed by atoms with Gasteiger partial charge in [0.2, 0.25) is 0 Å². The van der Waals surface area contributed by atoms with Crippen molar-refractivity contribution in [1.29, 1.82) is 0 Å². The van der Waals surface area contributed by atoms with Crippen LogP contribution in [0.4, 0.5) is 0 Å². The molecule has 0 bridgehead atoms. The number of hydrogen-bond acceptors (Lipinski definition) is 1. The Kier molecular flexibility index (Phi) is 3.52. The Hall–Kier alpha value is -1.39. The van der Waals surface area contributed by atoms with E-state index in [-0.39, 0.29) is 0 Å². The molecule has 2 aromatic carbocycles. The standard InChI is InChI=1S/C16H15BrN2S/c1-10(2)15-9-18-16(20)19(15)14-6-4-11-7-13(17)5-3-12(11)8-14/h3-10H,1-2H3,(H,18,20). The Bertz CT molecular complexity index is 830. The van der Waals surface area contributed by atoms with Crippen molar-refractivity contribution in [1.82, 2.24) is 9.55 Å². The Morgan fingerprint density at radius 3 is 2.55 bits per heavy atom. The fourth-order valence-electron chi connectivity index (χ4n) is 2.42. The summed E-state index contributed by atoms with van der Waals surface area (Å²) in [6.07, 6.45) is 2.00. The highest BCUT2D eigenvalue weighted by Gasteiger charge is 2.10. The van der Waals surface area contributed by atoms with Gasteiger partial charge in [-0.05, 0) is 53.2 Å². The largest absolute Gasteiger partial charge is 0.337 e. The van der Waals surface area contributed by atoms with E-state index >= 15 is 0 Å². The summed E-state index contributed by atoms with van der Waals surface area (Å²) >= 11 is 8.92. The molecule has 1 heterocycles. The minimum atomic E-state index is 0.420. The normalized spacial score (nSPS) is 11.4. The molecular formula is C16H15BrN2S. The van der Waals surface area contributed by atoms with Gasteiger partial charge in [-0.3, -0.25) is 4.57 Å². The first-order valence-electron chi connectivity index (χ1n) is 6.56. The van der Waals surface area contributed by atoms with Crippen LogP contribution in [0.2, 0.25) is 0 Å². The van der Waals surface area contributed by atoms with Gasteiger partial charge in [-0.15, -0.1) is 0 Å². The van der Waals surface area contributed by atoms with E-state index in [1.165, 1.54) is 16.5 Å². The summed E-state index contributed by atoms with van der Waals surface area (Å²) < 4.78 is 3.95. The van der Waals surface area contributed by atoms with Crippen LogP contribution in [0.3, 0.4) is 0 Å². The Morgan fingerprint density at radius 1 is 1.10 bits per heavy atom. The number of halogens is 1. The van der Waals surface area contributed by atoms with Crippen LogP contribution in [-0.4, -0.2) is 9.55 Å². The number of aromatic nitrogens is 2. The van der Waals surface area contributed by atoms with Crippen molar-refractivity contribution in [2.24, 2.45) is 0 Å². The summed E-state index contributed by atoms with van der Waals surface area (Å²) in [7, 11) is 0. The summed E-state index contributed by atoms with van der Waals surface area (Å²) in [6.45, 7) is 4.35. The zero-order valence-electron chi connectivity index (χ0n) is 11.4. The van der Waals surface area contributed by atoms with Crippen LogP contribution in [0.5, 0.6) is 0 Å². The Morgan fingerprint density at radius 2 is 1.80 bits per heavy atom. The van der Waals surface area contributed by atoms with Crippen LogP contribution in [0.1, 0.15) is 25.5 Å². The molecule has 2 nitrogen and oxygen atoms in total. The predicted molar refractivity (Wildman–Crippen MR) is 90.2 cm³/mol. The molecule has 3 aromatic rings. The monoisotopic (exact) mass is 346 g/mol. The highest BCUT2D eigenvalue weighted by molar-refractivity contribution is 9.10. The van der Waals surface area contributed by atoms with Crippen LogP contribution >= 0.6 is 28.1 Å². The van der Waals surface area contributed by atoms with Crippen molar-refractivity contribution >= 4 is 38.9 Å². The molecule has 0 aliphatic rings. The fourth-order valence-corrected chi connectivity index (χ4v) is 3.06. The van der Waals surface area contributed by atoms with E-state index in [1.807, 2.05) is 6.20 Å². The van der Waals surface area contributed by atoms with Crippen molar-refractivity contribution in [3.63, 3.8) is 0 Å². The van der Waals surface area contributed by atoms with Gasteiger partial charge in [0, 0.05) is 22.1 Å². The smallest absolute Gasteiger partial charge is 0.182 e. The second-order valence-corrected chi connectivity index (χ2v) is 6.49. The van der Waals surface area contributed by atoms with Gasteiger partial charge in [0.05, 0.1) is 0 Å². The predicted octanol–water partition coefficient (Wildman–Crippen LogP) is 5.57. The van der Waals surface area contributed by atoms with Gasteiger partial charge in [-0.25, -0.2) is 0 Å². The molecule has 0 spiro atoms. The van der Waals surface area contributed by atoms with Gasteiger partial charge < -0.3 is 4.98 Å². The molecule has 1 aromatic heterocycles. The first kappa shape index (κ1) is 13.6. The molecule has 4 heteroatoms. The number of benzene rings is 2. The van der Waals surface area contributed by atoms with Gasteiger partial charge in [-0.1, -0.05) is 41.9 Å². The molecular weight excluding hydrogens is 332 g/mol. The van der Waals surface area contributed by atoms with E-state index in [4.69, 9.17) is 12.2 Å². The summed E-state index contributed by atoms with van der Waals surface area (Å²) in [6, 6.07) is 12.7. The minimum Gasteiger partial charge on any atom is -0.337 e. The minimum absolute atomic E-state index is 0.420. The van der Waals surface area contributed by atoms with Gasteiger partial charge in [-0.2, -0.15) is 0 Å². The van der Waals surface area contributed by atoms with E-state index in [0.717, 1.165) is 14.9 Å². The Labute approximate surface area is 131 Å². The van der Waals surface area contributed by atoms with Gasteiger partial charge in [0.25, 0.3) is 0 Å². The SMILES string of the molecule is CC(C)c1c[nH]c(=S)n1-c1ccc2cc(Br)ccc2c1. The fraction of sp³-hybridized carbons (Fsp3) is 0.188. The van der Waals surface area contributed by atoms with Crippen LogP contribution in [0.25, 0.3) is 16.5 Å². The molecule has 0 radical (unpaired) electrons. The summed E-state index contributed by atoms with van der Waals surface area (Å²) in [5.41, 5.74) is 2.31. The van der Waals surface area contributed by atoms with Crippen LogP contribution < -0.4 is 0 Å². The highest BCUT2D eigenvalue weighted by Crippen LogP contribution is 2.25. The Balaban J connectivity index is 2.23. The third-order valence-electron chi connectivity index (χ3n) is 3.44. The maximum Gasteiger partial charge on any atom is 0.182 e. The van der Waals surface area contributed by atoms with E-state index in [1.54, 1.807) is 0 Å². The zero-order chi connectivity index (χ0) is 14.3. The topological polar surface area (TPSA) is 20.7 Å². The average molecular weight is 347 g/mol. The molecule has 0 saturated carbocycles. The molecule has 0 amide bonds. The molecule has 0 fully saturated rings. The molecule has 0 unspecified atom stereocenters. The van der Waals surface area contributed by atoms with E-state index in [9.17, 15) is 0 Å². The molecule has 1 N–H and O–H groups in total. The summed E-state index contributed by atoms with van der Waals surface area (Å²) in [5.74, 6) is 0.420. The van der Waals surface area contributed by atoms with Gasteiger partial charge >= 0.3 is 0 Å². The average Bonchev–Trinajstić information content (AvgIpc) is 2.80. The quantitative estimate of drug-likeness (QED) is 0.601. The zero-order valence-corrected chi connectivity index (χ0v) is 13.8. The van der Waals surface area contributed by atoms with Gasteiger partial charge in [0.15, 0.2) is 4.77 Å². The number of hydrogen-bond donors (Lipinski definition) is 1. The lowest BCUT2D eigenvalue weighted by atomic mass is 10.1. The third kappa shape index (κ3) is 2.34. The van der Waals surface area contributed by atoms with Crippen LogP contribution in [0.15, 0.2) is 47.1 Å². The first-order valence-corrected chi connectivity index (χ1v) is 7.76. The van der Waals surface area contributed by atoms with E-state index < -0.39 is 0 Å². The molecule has 102 valence electrons. The molecule has 3 rings (SSSR count). The van der Waals surface area contributed by atoms with Crippen molar-refractivity contribution in [3.05, 3.63) is 57.5 Å². The maximum atomic E-state index is 5.42. The number of nitrogens with zero attached hydrogens (tertiary/aromatic N) is 1. The molecule has 0 atom stereocenters. The number of rotatable bonds is 2. The van der Waals surface area contributed by atoms with E-state index in [2.05, 4.69) is 75.7 Å². The molecule has 0 aliphatic carbocycles. The lowest BCUT2D eigenvalue weighted by Crippen LogP contribution is -2.01. The summed E-state index contributed by atoms with van der Waals surface area (Å²) in [4.78, 5) is 3.14. The van der Waals surface area contributed by atoms with Crippen molar-refractivity contribution in [3.8, 4) is 5.69 Å². The number of fused-ring (bicyclic) bond motifs is 1. The van der Waals surface area contributed by atoms with Crippen LogP contribution in [0, 0.1) is 4.77 Å². The number of nitrogens with one attached hydrogen (secondary N) is 1. The van der Waals surface area contributed by atoms with Crippen molar-refractivity contribution < 1.29 is 0 Å². The lowest BCUT2D eigenvalue weighted by molar-refractivity contribution is 0.784. The van der Waals surface area contributed by atoms with Crippen molar-refractivity contribution in [2.75, 3.05) is 0 Å². The molecule has 20 heavy (non-hydrogen) atoms. The lowest BCUT2D eigenvalue weighted by Gasteiger charge is -2.12. The molecule has 0 saturated heterocycles.